The molecule has 0 unspecified atom stereocenters. The smallest absolute Gasteiger partial charge is 0.302 e. The minimum Gasteiger partial charge on any atom is -0.302 e. The fraction of sp³-hybridized carbons (Fsp3) is 0.421. The highest BCUT2D eigenvalue weighted by molar-refractivity contribution is 7.98. The van der Waals surface area contributed by atoms with Crippen LogP contribution in [-0.2, 0) is 17.7 Å². The van der Waals surface area contributed by atoms with Gasteiger partial charge in [0, 0.05) is 24.5 Å². The standard InChI is InChI=1S/C19H23F2N5S/c1-5-25-16(13-6-8-14(9-7-13)19(2,3)4)23-24-18(25)27-12-15-22-10-11-26(15)17(20)21/h6-11,17H,5,12H2,1-4H3. The van der Waals surface area contributed by atoms with Crippen molar-refractivity contribution in [1.29, 1.82) is 0 Å². The van der Waals surface area contributed by atoms with E-state index in [1.165, 1.54) is 29.7 Å². The van der Waals surface area contributed by atoms with Gasteiger partial charge in [0.1, 0.15) is 5.82 Å². The van der Waals surface area contributed by atoms with E-state index < -0.39 is 6.55 Å². The summed E-state index contributed by atoms with van der Waals surface area (Å²) in [7, 11) is 0. The second-order valence-electron chi connectivity index (χ2n) is 7.19. The molecule has 27 heavy (non-hydrogen) atoms. The number of nitrogens with zero attached hydrogens (tertiary/aromatic N) is 5. The summed E-state index contributed by atoms with van der Waals surface area (Å²) in [6.07, 6.45) is 2.67. The number of alkyl halides is 2. The Morgan fingerprint density at radius 3 is 2.41 bits per heavy atom. The number of aromatic nitrogens is 5. The summed E-state index contributed by atoms with van der Waals surface area (Å²) in [6, 6.07) is 8.32. The number of thioether (sulfide) groups is 1. The summed E-state index contributed by atoms with van der Waals surface area (Å²) in [5.74, 6) is 1.40. The Morgan fingerprint density at radius 2 is 1.81 bits per heavy atom. The van der Waals surface area contributed by atoms with Gasteiger partial charge < -0.3 is 4.57 Å². The predicted octanol–water partition coefficient (Wildman–Crippen LogP) is 5.15. The van der Waals surface area contributed by atoms with E-state index in [1.807, 2.05) is 11.5 Å². The first kappa shape index (κ1) is 19.5. The quantitative estimate of drug-likeness (QED) is 0.546. The largest absolute Gasteiger partial charge is 0.319 e. The van der Waals surface area contributed by atoms with Gasteiger partial charge in [-0.05, 0) is 17.9 Å². The van der Waals surface area contributed by atoms with Crippen LogP contribution in [0.1, 0.15) is 45.6 Å². The van der Waals surface area contributed by atoms with Crippen molar-refractivity contribution in [3.8, 4) is 11.4 Å². The molecule has 0 N–H and O–H groups in total. The van der Waals surface area contributed by atoms with E-state index in [4.69, 9.17) is 0 Å². The van der Waals surface area contributed by atoms with Gasteiger partial charge in [-0.25, -0.2) is 4.98 Å². The number of imidazole rings is 1. The molecule has 0 amide bonds. The highest BCUT2D eigenvalue weighted by atomic mass is 32.2. The summed E-state index contributed by atoms with van der Waals surface area (Å²) in [6.45, 7) is 6.64. The SMILES string of the molecule is CCn1c(SCc2nccn2C(F)F)nnc1-c1ccc(C(C)(C)C)cc1. The second kappa shape index (κ2) is 7.80. The molecule has 2 aromatic heterocycles. The zero-order valence-corrected chi connectivity index (χ0v) is 16.7. The summed E-state index contributed by atoms with van der Waals surface area (Å²) >= 11 is 1.36. The lowest BCUT2D eigenvalue weighted by molar-refractivity contribution is 0.0678. The van der Waals surface area contributed by atoms with Gasteiger partial charge in [-0.2, -0.15) is 8.78 Å². The molecule has 0 aliphatic heterocycles. The van der Waals surface area contributed by atoms with Crippen molar-refractivity contribution < 1.29 is 8.78 Å². The van der Waals surface area contributed by atoms with Crippen LogP contribution in [0.25, 0.3) is 11.4 Å². The topological polar surface area (TPSA) is 48.5 Å². The molecule has 0 radical (unpaired) electrons. The first-order valence-corrected chi connectivity index (χ1v) is 9.76. The maximum atomic E-state index is 13.0. The lowest BCUT2D eigenvalue weighted by Gasteiger charge is -2.19. The zero-order valence-electron chi connectivity index (χ0n) is 15.9. The molecule has 0 fully saturated rings. The van der Waals surface area contributed by atoms with E-state index in [2.05, 4.69) is 60.2 Å². The van der Waals surface area contributed by atoms with Crippen LogP contribution in [-0.4, -0.2) is 24.3 Å². The Balaban J connectivity index is 1.81. The molecule has 0 spiro atoms. The fourth-order valence-corrected chi connectivity index (χ4v) is 3.73. The lowest BCUT2D eigenvalue weighted by atomic mass is 9.87. The van der Waals surface area contributed by atoms with Gasteiger partial charge in [0.2, 0.25) is 0 Å². The molecule has 0 saturated carbocycles. The van der Waals surface area contributed by atoms with Crippen LogP contribution in [0, 0.1) is 0 Å². The molecule has 0 aliphatic carbocycles. The van der Waals surface area contributed by atoms with E-state index in [0.717, 1.165) is 16.0 Å². The summed E-state index contributed by atoms with van der Waals surface area (Å²) in [5, 5.41) is 9.27. The molecule has 0 saturated heterocycles. The number of halogens is 2. The minimum atomic E-state index is -2.59. The van der Waals surface area contributed by atoms with E-state index in [-0.39, 0.29) is 5.41 Å². The zero-order chi connectivity index (χ0) is 19.6. The molecular weight excluding hydrogens is 368 g/mol. The monoisotopic (exact) mass is 391 g/mol. The molecule has 144 valence electrons. The van der Waals surface area contributed by atoms with Gasteiger partial charge in [0.25, 0.3) is 0 Å². The van der Waals surface area contributed by atoms with E-state index in [9.17, 15) is 8.78 Å². The first-order chi connectivity index (χ1) is 12.8. The Kier molecular flexibility index (Phi) is 5.64. The Labute approximate surface area is 161 Å². The average Bonchev–Trinajstić information content (AvgIpc) is 3.25. The van der Waals surface area contributed by atoms with Crippen LogP contribution < -0.4 is 0 Å². The van der Waals surface area contributed by atoms with Crippen molar-refractivity contribution in [2.24, 2.45) is 0 Å². The van der Waals surface area contributed by atoms with Gasteiger partial charge in [-0.15, -0.1) is 10.2 Å². The molecule has 0 bridgehead atoms. The highest BCUT2D eigenvalue weighted by Crippen LogP contribution is 2.29. The summed E-state index contributed by atoms with van der Waals surface area (Å²) in [5.41, 5.74) is 2.32. The normalized spacial score (nSPS) is 12.1. The van der Waals surface area contributed by atoms with Crippen LogP contribution >= 0.6 is 11.8 Å². The van der Waals surface area contributed by atoms with Crippen molar-refractivity contribution in [3.05, 3.63) is 48.0 Å². The molecule has 1 aromatic carbocycles. The maximum Gasteiger partial charge on any atom is 0.319 e. The van der Waals surface area contributed by atoms with Crippen molar-refractivity contribution >= 4 is 11.8 Å². The molecule has 3 rings (SSSR count). The van der Waals surface area contributed by atoms with Crippen molar-refractivity contribution in [1.82, 2.24) is 24.3 Å². The van der Waals surface area contributed by atoms with Crippen molar-refractivity contribution in [2.45, 2.75) is 57.1 Å². The van der Waals surface area contributed by atoms with Gasteiger partial charge in [0.05, 0.1) is 5.75 Å². The van der Waals surface area contributed by atoms with Gasteiger partial charge in [-0.1, -0.05) is 56.8 Å². The maximum absolute atomic E-state index is 13.0. The van der Waals surface area contributed by atoms with E-state index >= 15 is 0 Å². The summed E-state index contributed by atoms with van der Waals surface area (Å²) < 4.78 is 28.8. The molecule has 3 aromatic rings. The number of benzene rings is 1. The summed E-state index contributed by atoms with van der Waals surface area (Å²) in [4.78, 5) is 4.01. The molecule has 0 atom stereocenters. The van der Waals surface area contributed by atoms with Crippen LogP contribution in [0.4, 0.5) is 8.78 Å². The van der Waals surface area contributed by atoms with E-state index in [1.54, 1.807) is 0 Å². The fourth-order valence-electron chi connectivity index (χ4n) is 2.78. The van der Waals surface area contributed by atoms with Crippen LogP contribution in [0.5, 0.6) is 0 Å². The molecule has 2 heterocycles. The van der Waals surface area contributed by atoms with Crippen LogP contribution in [0.15, 0.2) is 41.8 Å². The van der Waals surface area contributed by atoms with E-state index in [0.29, 0.717) is 23.3 Å². The van der Waals surface area contributed by atoms with Crippen LogP contribution in [0.3, 0.4) is 0 Å². The van der Waals surface area contributed by atoms with Gasteiger partial charge >= 0.3 is 6.55 Å². The molecular formula is C19H23F2N5S. The minimum absolute atomic E-state index is 0.0879. The third-order valence-corrected chi connectivity index (χ3v) is 5.29. The Bertz CT molecular complexity index is 894. The van der Waals surface area contributed by atoms with Gasteiger partial charge in [-0.3, -0.25) is 4.57 Å². The molecule has 8 heteroatoms. The van der Waals surface area contributed by atoms with Crippen molar-refractivity contribution in [2.75, 3.05) is 0 Å². The van der Waals surface area contributed by atoms with Crippen LogP contribution in [0.2, 0.25) is 0 Å². The number of hydrogen-bond acceptors (Lipinski definition) is 4. The first-order valence-electron chi connectivity index (χ1n) is 8.78. The lowest BCUT2D eigenvalue weighted by Crippen LogP contribution is -2.10. The average molecular weight is 391 g/mol. The van der Waals surface area contributed by atoms with Crippen molar-refractivity contribution in [3.63, 3.8) is 0 Å². The third-order valence-electron chi connectivity index (χ3n) is 4.33. The molecule has 5 nitrogen and oxygen atoms in total. The predicted molar refractivity (Wildman–Crippen MR) is 103 cm³/mol. The highest BCUT2D eigenvalue weighted by Gasteiger charge is 2.18. The Hall–Kier alpha value is -2.22. The number of rotatable bonds is 6. The molecule has 0 aliphatic rings. The third kappa shape index (κ3) is 4.21. The number of hydrogen-bond donors (Lipinski definition) is 0. The second-order valence-corrected chi connectivity index (χ2v) is 8.14. The van der Waals surface area contributed by atoms with Gasteiger partial charge in [0.15, 0.2) is 11.0 Å². The Morgan fingerprint density at radius 1 is 1.11 bits per heavy atom.